The zero-order chi connectivity index (χ0) is 18.5. The van der Waals surface area contributed by atoms with Crippen LogP contribution in [0, 0.1) is 17.2 Å². The minimum absolute atomic E-state index is 0.0475. The predicted molar refractivity (Wildman–Crippen MR) is 95.3 cm³/mol. The highest BCUT2D eigenvalue weighted by molar-refractivity contribution is 5.80. The molecular weight excluding hydrogens is 330 g/mol. The molecule has 0 fully saturated rings. The first-order chi connectivity index (χ1) is 12.6. The molecule has 0 spiro atoms. The Hall–Kier alpha value is -3.13. The van der Waals surface area contributed by atoms with Gasteiger partial charge in [0.2, 0.25) is 0 Å². The summed E-state index contributed by atoms with van der Waals surface area (Å²) in [6.07, 6.45) is 0.0384. The van der Waals surface area contributed by atoms with Crippen molar-refractivity contribution in [3.05, 3.63) is 59.7 Å². The minimum Gasteiger partial charge on any atom is -0.481 e. The second-order valence-corrected chi connectivity index (χ2v) is 6.35. The third-order valence-electron chi connectivity index (χ3n) is 4.74. The molecule has 1 N–H and O–H groups in total. The summed E-state index contributed by atoms with van der Waals surface area (Å²) in [4.78, 5) is 23.3. The topological polar surface area (TPSA) is 87.4 Å². The van der Waals surface area contributed by atoms with E-state index < -0.39 is 17.9 Å². The summed E-state index contributed by atoms with van der Waals surface area (Å²) >= 11 is 0. The molecule has 0 saturated heterocycles. The molecule has 0 amide bonds. The van der Waals surface area contributed by atoms with Crippen LogP contribution >= 0.6 is 0 Å². The summed E-state index contributed by atoms with van der Waals surface area (Å²) in [5.41, 5.74) is 4.50. The third kappa shape index (κ3) is 3.60. The summed E-state index contributed by atoms with van der Waals surface area (Å²) in [7, 11) is 0. The van der Waals surface area contributed by atoms with Gasteiger partial charge in [0, 0.05) is 12.3 Å². The van der Waals surface area contributed by atoms with Crippen LogP contribution in [0.2, 0.25) is 0 Å². The Labute approximate surface area is 151 Å². The standard InChI is InChI=1S/C21H19NO4/c22-11-5-6-14(21(24)25)12-20(23)26-13-19-17-9-3-1-7-15(17)16-8-2-4-10-18(16)19/h1-4,7-10,14,19H,5-6,12-13H2,(H,24,25)/t14-/m1/s1. The maximum absolute atomic E-state index is 12.1. The first-order valence-electron chi connectivity index (χ1n) is 8.55. The fourth-order valence-corrected chi connectivity index (χ4v) is 3.43. The van der Waals surface area contributed by atoms with Gasteiger partial charge < -0.3 is 9.84 Å². The molecule has 2 aromatic carbocycles. The second kappa shape index (κ2) is 7.83. The van der Waals surface area contributed by atoms with E-state index in [0.29, 0.717) is 0 Å². The summed E-state index contributed by atoms with van der Waals surface area (Å²) in [6, 6.07) is 18.0. The van der Waals surface area contributed by atoms with Crippen LogP contribution in [0.25, 0.3) is 11.1 Å². The molecule has 1 aliphatic rings. The Balaban J connectivity index is 1.69. The number of aliphatic carboxylic acids is 1. The summed E-state index contributed by atoms with van der Waals surface area (Å²) < 4.78 is 5.42. The first-order valence-corrected chi connectivity index (χ1v) is 8.55. The van der Waals surface area contributed by atoms with Crippen LogP contribution in [-0.4, -0.2) is 23.7 Å². The smallest absolute Gasteiger partial charge is 0.307 e. The molecule has 3 rings (SSSR count). The normalized spacial score (nSPS) is 13.3. The van der Waals surface area contributed by atoms with Crippen molar-refractivity contribution in [2.75, 3.05) is 6.61 Å². The highest BCUT2D eigenvalue weighted by Crippen LogP contribution is 2.44. The quantitative estimate of drug-likeness (QED) is 0.770. The van der Waals surface area contributed by atoms with E-state index in [1.165, 1.54) is 0 Å². The molecule has 0 aliphatic heterocycles. The van der Waals surface area contributed by atoms with Crippen molar-refractivity contribution >= 4 is 11.9 Å². The van der Waals surface area contributed by atoms with E-state index in [1.54, 1.807) is 0 Å². The molecule has 0 radical (unpaired) electrons. The van der Waals surface area contributed by atoms with Gasteiger partial charge in [0.05, 0.1) is 18.4 Å². The number of carbonyl (C=O) groups excluding carboxylic acids is 1. The van der Waals surface area contributed by atoms with Gasteiger partial charge in [-0.15, -0.1) is 0 Å². The third-order valence-corrected chi connectivity index (χ3v) is 4.74. The van der Waals surface area contributed by atoms with Crippen LogP contribution in [0.3, 0.4) is 0 Å². The molecule has 0 bridgehead atoms. The number of carbonyl (C=O) groups is 2. The molecular formula is C21H19NO4. The zero-order valence-corrected chi connectivity index (χ0v) is 14.2. The van der Waals surface area contributed by atoms with Crippen LogP contribution in [0.1, 0.15) is 36.3 Å². The number of ether oxygens (including phenoxy) is 1. The van der Waals surface area contributed by atoms with Crippen molar-refractivity contribution in [2.45, 2.75) is 25.2 Å². The lowest BCUT2D eigenvalue weighted by Gasteiger charge is -2.15. The second-order valence-electron chi connectivity index (χ2n) is 6.35. The molecule has 5 heteroatoms. The highest BCUT2D eigenvalue weighted by Gasteiger charge is 2.29. The molecule has 26 heavy (non-hydrogen) atoms. The minimum atomic E-state index is -1.08. The summed E-state index contributed by atoms with van der Waals surface area (Å²) in [5, 5.41) is 17.8. The van der Waals surface area contributed by atoms with E-state index >= 15 is 0 Å². The van der Waals surface area contributed by atoms with Gasteiger partial charge in [-0.25, -0.2) is 0 Å². The number of nitriles is 1. The average molecular weight is 349 g/mol. The molecule has 0 saturated carbocycles. The van der Waals surface area contributed by atoms with Crippen LogP contribution < -0.4 is 0 Å². The van der Waals surface area contributed by atoms with Crippen molar-refractivity contribution < 1.29 is 19.4 Å². The van der Waals surface area contributed by atoms with E-state index in [4.69, 9.17) is 10.00 Å². The molecule has 1 atom stereocenters. The molecule has 5 nitrogen and oxygen atoms in total. The summed E-state index contributed by atoms with van der Waals surface area (Å²) in [5.74, 6) is -2.55. The summed E-state index contributed by atoms with van der Waals surface area (Å²) in [6.45, 7) is 0.178. The number of nitrogens with zero attached hydrogens (tertiary/aromatic N) is 1. The van der Waals surface area contributed by atoms with E-state index in [9.17, 15) is 14.7 Å². The number of hydrogen-bond donors (Lipinski definition) is 1. The molecule has 2 aromatic rings. The fourth-order valence-electron chi connectivity index (χ4n) is 3.43. The van der Waals surface area contributed by atoms with Crippen LogP contribution in [0.15, 0.2) is 48.5 Å². The van der Waals surface area contributed by atoms with Crippen molar-refractivity contribution in [2.24, 2.45) is 5.92 Å². The van der Waals surface area contributed by atoms with Gasteiger partial charge in [-0.3, -0.25) is 9.59 Å². The maximum Gasteiger partial charge on any atom is 0.307 e. The number of fused-ring (bicyclic) bond motifs is 3. The van der Waals surface area contributed by atoms with E-state index in [2.05, 4.69) is 12.1 Å². The van der Waals surface area contributed by atoms with Crippen molar-refractivity contribution in [1.82, 2.24) is 0 Å². The number of carboxylic acid groups (broad SMARTS) is 1. The predicted octanol–water partition coefficient (Wildman–Crippen LogP) is 3.74. The van der Waals surface area contributed by atoms with Crippen molar-refractivity contribution in [3.63, 3.8) is 0 Å². The number of hydrogen-bond acceptors (Lipinski definition) is 4. The lowest BCUT2D eigenvalue weighted by atomic mass is 9.98. The molecule has 0 heterocycles. The Bertz CT molecular complexity index is 823. The van der Waals surface area contributed by atoms with E-state index in [0.717, 1.165) is 22.3 Å². The Morgan fingerprint density at radius 3 is 2.19 bits per heavy atom. The van der Waals surface area contributed by atoms with E-state index in [-0.39, 0.29) is 31.8 Å². The van der Waals surface area contributed by atoms with Gasteiger partial charge in [-0.2, -0.15) is 5.26 Å². The van der Waals surface area contributed by atoms with Crippen LogP contribution in [-0.2, 0) is 14.3 Å². The fraction of sp³-hybridized carbons (Fsp3) is 0.286. The molecule has 0 aromatic heterocycles. The van der Waals surface area contributed by atoms with Crippen molar-refractivity contribution in [1.29, 1.82) is 5.26 Å². The van der Waals surface area contributed by atoms with Gasteiger partial charge in [0.25, 0.3) is 0 Å². The van der Waals surface area contributed by atoms with Gasteiger partial charge >= 0.3 is 11.9 Å². The lowest BCUT2D eigenvalue weighted by Crippen LogP contribution is -2.21. The van der Waals surface area contributed by atoms with Gasteiger partial charge in [0.1, 0.15) is 6.61 Å². The number of carboxylic acids is 1. The number of rotatable bonds is 7. The van der Waals surface area contributed by atoms with Gasteiger partial charge in [0.15, 0.2) is 0 Å². The Kier molecular flexibility index (Phi) is 5.33. The Morgan fingerprint density at radius 2 is 1.65 bits per heavy atom. The number of benzene rings is 2. The molecule has 0 unspecified atom stereocenters. The lowest BCUT2D eigenvalue weighted by molar-refractivity contribution is -0.151. The van der Waals surface area contributed by atoms with E-state index in [1.807, 2.05) is 42.5 Å². The monoisotopic (exact) mass is 349 g/mol. The molecule has 1 aliphatic carbocycles. The zero-order valence-electron chi connectivity index (χ0n) is 14.2. The maximum atomic E-state index is 12.1. The van der Waals surface area contributed by atoms with Crippen LogP contribution in [0.4, 0.5) is 0 Å². The SMILES string of the molecule is N#CCC[C@H](CC(=O)OCC1c2ccccc2-c2ccccc21)C(=O)O. The van der Waals surface area contributed by atoms with Gasteiger partial charge in [-0.05, 0) is 28.7 Å². The highest BCUT2D eigenvalue weighted by atomic mass is 16.5. The largest absolute Gasteiger partial charge is 0.481 e. The van der Waals surface area contributed by atoms with Gasteiger partial charge in [-0.1, -0.05) is 48.5 Å². The van der Waals surface area contributed by atoms with Crippen LogP contribution in [0.5, 0.6) is 0 Å². The first kappa shape index (κ1) is 17.7. The Morgan fingerprint density at radius 1 is 1.08 bits per heavy atom. The average Bonchev–Trinajstić information content (AvgIpc) is 2.97. The number of esters is 1. The molecule has 132 valence electrons. The van der Waals surface area contributed by atoms with Crippen molar-refractivity contribution in [3.8, 4) is 17.2 Å².